The molecule has 0 spiro atoms. The van der Waals surface area contributed by atoms with Gasteiger partial charge in [-0.1, -0.05) is 113 Å². The van der Waals surface area contributed by atoms with Gasteiger partial charge in [0.2, 0.25) is 0 Å². The van der Waals surface area contributed by atoms with E-state index in [1.54, 1.807) is 0 Å². The number of fused-ring (bicyclic) bond motifs is 7. The van der Waals surface area contributed by atoms with Crippen LogP contribution in [0, 0.1) is 0 Å². The van der Waals surface area contributed by atoms with Gasteiger partial charge >= 0.3 is 0 Å². The van der Waals surface area contributed by atoms with Crippen LogP contribution >= 0.6 is 0 Å². The van der Waals surface area contributed by atoms with Gasteiger partial charge in [0.1, 0.15) is 73.9 Å². The van der Waals surface area contributed by atoms with E-state index in [4.69, 9.17) is 4.42 Å². The molecule has 0 aliphatic carbocycles. The van der Waals surface area contributed by atoms with Gasteiger partial charge in [0.25, 0.3) is 0 Å². The maximum atomic E-state index is 6.73. The van der Waals surface area contributed by atoms with Crippen LogP contribution in [0.25, 0.3) is 98.4 Å². The summed E-state index contributed by atoms with van der Waals surface area (Å²) in [6.07, 6.45) is 0. The van der Waals surface area contributed by atoms with E-state index in [2.05, 4.69) is 184 Å². The summed E-state index contributed by atoms with van der Waals surface area (Å²) >= 11 is 0. The minimum absolute atomic E-state index is 0.923. The Morgan fingerprint density at radius 2 is 0.836 bits per heavy atom. The Hall–Kier alpha value is -5.66. The van der Waals surface area contributed by atoms with Crippen molar-refractivity contribution in [3.8, 4) is 33.4 Å². The summed E-state index contributed by atoms with van der Waals surface area (Å²) in [5, 5.41) is 12.6. The zero-order valence-electron chi connectivity index (χ0n) is 33.0. The third-order valence-corrected chi connectivity index (χ3v) is 13.2. The smallest absolute Gasteiger partial charge is 0.139 e. The summed E-state index contributed by atoms with van der Waals surface area (Å²) in [4.78, 5) is 0. The lowest BCUT2D eigenvalue weighted by Crippen LogP contribution is -2.50. The average Bonchev–Trinajstić information content (AvgIpc) is 3.59. The molecule has 9 aromatic carbocycles. The lowest BCUT2D eigenvalue weighted by atomic mass is 9.59. The van der Waals surface area contributed by atoms with Crippen molar-refractivity contribution in [2.45, 2.75) is 0 Å². The molecule has 0 atom stereocenters. The van der Waals surface area contributed by atoms with E-state index in [1.165, 1.54) is 126 Å². The molecule has 0 radical (unpaired) electrons. The van der Waals surface area contributed by atoms with Gasteiger partial charge in [-0.05, 0) is 107 Å². The van der Waals surface area contributed by atoms with Crippen LogP contribution < -0.4 is 43.7 Å². The Labute approximate surface area is 329 Å². The number of hydrogen-bond donors (Lipinski definition) is 0. The van der Waals surface area contributed by atoms with Gasteiger partial charge in [-0.15, -0.1) is 21.9 Å². The number of furan rings is 1. The van der Waals surface area contributed by atoms with Crippen molar-refractivity contribution in [2.24, 2.45) is 0 Å². The molecular formula is C46H36B8O. The second kappa shape index (κ2) is 12.4. The lowest BCUT2D eigenvalue weighted by Gasteiger charge is -2.28. The van der Waals surface area contributed by atoms with Crippen molar-refractivity contribution in [2.75, 3.05) is 0 Å². The summed E-state index contributed by atoms with van der Waals surface area (Å²) < 4.78 is 6.73. The van der Waals surface area contributed by atoms with E-state index >= 15 is 0 Å². The van der Waals surface area contributed by atoms with E-state index in [9.17, 15) is 0 Å². The largest absolute Gasteiger partial charge is 0.456 e. The van der Waals surface area contributed by atoms with E-state index in [0.29, 0.717) is 0 Å². The van der Waals surface area contributed by atoms with Gasteiger partial charge in [-0.3, -0.25) is 0 Å². The first-order valence-corrected chi connectivity index (χ1v) is 19.5. The van der Waals surface area contributed by atoms with E-state index < -0.39 is 0 Å². The highest BCUT2D eigenvalue weighted by molar-refractivity contribution is 6.71. The second-order valence-corrected chi connectivity index (χ2v) is 15.8. The van der Waals surface area contributed by atoms with Crippen LogP contribution in [0.4, 0.5) is 0 Å². The summed E-state index contributed by atoms with van der Waals surface area (Å²) in [6.45, 7) is 0. The van der Waals surface area contributed by atoms with Crippen LogP contribution in [0.5, 0.6) is 0 Å². The highest BCUT2D eigenvalue weighted by Crippen LogP contribution is 2.46. The molecule has 9 heteroatoms. The molecule has 0 bridgehead atoms. The van der Waals surface area contributed by atoms with Crippen molar-refractivity contribution in [3.63, 3.8) is 0 Å². The second-order valence-electron chi connectivity index (χ2n) is 15.8. The fourth-order valence-electron chi connectivity index (χ4n) is 9.71. The summed E-state index contributed by atoms with van der Waals surface area (Å²) in [7, 11) is 18.7. The molecular weight excluding hydrogens is 655 g/mol. The minimum atomic E-state index is 0.923. The zero-order valence-corrected chi connectivity index (χ0v) is 33.0. The van der Waals surface area contributed by atoms with Gasteiger partial charge < -0.3 is 4.42 Å². The molecule has 0 aliphatic rings. The van der Waals surface area contributed by atoms with E-state index in [-0.39, 0.29) is 0 Å². The molecule has 0 N–H and O–H groups in total. The molecule has 250 valence electrons. The Balaban J connectivity index is 1.47. The molecule has 55 heavy (non-hydrogen) atoms. The van der Waals surface area contributed by atoms with Crippen LogP contribution in [0.1, 0.15) is 0 Å². The lowest BCUT2D eigenvalue weighted by molar-refractivity contribution is 0.669. The van der Waals surface area contributed by atoms with E-state index in [1.807, 2.05) is 0 Å². The predicted octanol–water partition coefficient (Wildman–Crippen LogP) is -0.733. The third-order valence-electron chi connectivity index (χ3n) is 13.2. The standard InChI is InChI=1S/C46H36B8O/c47-39-35-32(25-17-24-13-6-7-14-26(24)28(19-25)21-9-2-1-3-10-21)36-38(42(50)46(54)44(52)40(36)48)34(37(35)41(49)45(53)43(39)51)27-15-8-16-30-33(27)29-18-22-11-4-5-12-23(22)20-31(29)55-30/h1-20H,47-54H2. The first kappa shape index (κ1) is 33.9. The quantitative estimate of drug-likeness (QED) is 0.176. The van der Waals surface area contributed by atoms with Crippen LogP contribution in [0.2, 0.25) is 0 Å². The van der Waals surface area contributed by atoms with Gasteiger partial charge in [0.05, 0.1) is 0 Å². The Kier molecular flexibility index (Phi) is 7.66. The van der Waals surface area contributed by atoms with Gasteiger partial charge in [-0.2, -0.15) is 0 Å². The number of rotatable bonds is 3. The van der Waals surface area contributed by atoms with Crippen molar-refractivity contribution in [1.82, 2.24) is 0 Å². The first-order chi connectivity index (χ1) is 26.6. The van der Waals surface area contributed by atoms with Crippen LogP contribution in [0.3, 0.4) is 0 Å². The highest BCUT2D eigenvalue weighted by atomic mass is 16.3. The fourth-order valence-corrected chi connectivity index (χ4v) is 9.71. The third kappa shape index (κ3) is 4.85. The average molecular weight is 691 g/mol. The Bertz CT molecular complexity index is 3220. The normalized spacial score (nSPS) is 11.9. The van der Waals surface area contributed by atoms with Crippen molar-refractivity contribution >= 4 is 172 Å². The molecule has 0 fully saturated rings. The molecule has 0 aliphatic heterocycles. The SMILES string of the molecule is Bc1c(B)c(B)c2c(-c3cccc4oc5cc6ccccc6cc5c34)c3c(B)c(B)c(B)c(B)c3c(-c3cc(-c4ccccc4)c4ccccc4c3)c2c1B. The summed E-state index contributed by atoms with van der Waals surface area (Å²) in [6, 6.07) is 44.5. The van der Waals surface area contributed by atoms with Crippen molar-refractivity contribution in [1.29, 1.82) is 0 Å². The molecule has 10 rings (SSSR count). The minimum Gasteiger partial charge on any atom is -0.456 e. The van der Waals surface area contributed by atoms with Crippen LogP contribution in [0.15, 0.2) is 126 Å². The van der Waals surface area contributed by atoms with Gasteiger partial charge in [-0.25, -0.2) is 0 Å². The zero-order chi connectivity index (χ0) is 37.9. The monoisotopic (exact) mass is 692 g/mol. The fraction of sp³-hybridized carbons (Fsp3) is 0. The van der Waals surface area contributed by atoms with Crippen LogP contribution in [-0.4, -0.2) is 62.8 Å². The number of benzene rings is 9. The highest BCUT2D eigenvalue weighted by Gasteiger charge is 2.27. The van der Waals surface area contributed by atoms with Gasteiger partial charge in [0, 0.05) is 10.8 Å². The molecule has 1 nitrogen and oxygen atoms in total. The van der Waals surface area contributed by atoms with Crippen molar-refractivity contribution < 1.29 is 4.42 Å². The van der Waals surface area contributed by atoms with Crippen molar-refractivity contribution in [3.05, 3.63) is 121 Å². The summed E-state index contributed by atoms with van der Waals surface area (Å²) in [5.41, 5.74) is 20.3. The predicted molar refractivity (Wildman–Crippen MR) is 265 cm³/mol. The van der Waals surface area contributed by atoms with E-state index in [0.717, 1.165) is 16.6 Å². The molecule has 0 amide bonds. The number of hydrogen-bond acceptors (Lipinski definition) is 1. The topological polar surface area (TPSA) is 13.1 Å². The summed E-state index contributed by atoms with van der Waals surface area (Å²) in [5.74, 6) is 0. The maximum Gasteiger partial charge on any atom is 0.139 e. The molecule has 0 saturated carbocycles. The molecule has 0 saturated heterocycles. The maximum absolute atomic E-state index is 6.73. The van der Waals surface area contributed by atoms with Gasteiger partial charge in [0.15, 0.2) is 0 Å². The molecule has 1 heterocycles. The molecule has 1 aromatic heterocycles. The Morgan fingerprint density at radius 1 is 0.309 bits per heavy atom. The molecule has 0 unspecified atom stereocenters. The first-order valence-electron chi connectivity index (χ1n) is 19.5. The van der Waals surface area contributed by atoms with Crippen LogP contribution in [-0.2, 0) is 0 Å². The Morgan fingerprint density at radius 3 is 1.45 bits per heavy atom. The molecule has 10 aromatic rings.